The van der Waals surface area contributed by atoms with Gasteiger partial charge in [-0.1, -0.05) is 31.1 Å². The molecule has 2 rings (SSSR count). The first kappa shape index (κ1) is 17.9. The summed E-state index contributed by atoms with van der Waals surface area (Å²) in [6, 6.07) is 4.93. The number of ether oxygens (including phenoxy) is 2. The lowest BCUT2D eigenvalue weighted by molar-refractivity contribution is 0.252. The molecule has 0 saturated carbocycles. The summed E-state index contributed by atoms with van der Waals surface area (Å²) in [7, 11) is 1.55. The van der Waals surface area contributed by atoms with E-state index in [1.54, 1.807) is 31.5 Å². The van der Waals surface area contributed by atoms with Crippen LogP contribution in [0.1, 0.15) is 26.2 Å². The number of urea groups is 1. The third-order valence-electron chi connectivity index (χ3n) is 3.20. The summed E-state index contributed by atoms with van der Waals surface area (Å²) in [5.41, 5.74) is 6.21. The summed E-state index contributed by atoms with van der Waals surface area (Å²) in [5, 5.41) is 6.57. The van der Waals surface area contributed by atoms with Crippen LogP contribution in [0, 0.1) is 0 Å². The van der Waals surface area contributed by atoms with Crippen LogP contribution in [0.25, 0.3) is 0 Å². The molecule has 0 atom stereocenters. The molecule has 0 fully saturated rings. The van der Waals surface area contributed by atoms with Crippen LogP contribution in [-0.2, 0) is 0 Å². The van der Waals surface area contributed by atoms with Crippen LogP contribution in [0.2, 0.25) is 0 Å². The second-order valence-corrected chi connectivity index (χ2v) is 6.10. The van der Waals surface area contributed by atoms with Crippen molar-refractivity contribution < 1.29 is 14.3 Å². The molecule has 0 aliphatic carbocycles. The zero-order chi connectivity index (χ0) is 17.4. The molecule has 2 aromatic rings. The van der Waals surface area contributed by atoms with Gasteiger partial charge in [-0.2, -0.15) is 0 Å². The summed E-state index contributed by atoms with van der Waals surface area (Å²) in [4.78, 5) is 15.8. The van der Waals surface area contributed by atoms with E-state index in [0.717, 1.165) is 19.3 Å². The lowest BCUT2D eigenvalue weighted by Gasteiger charge is -2.12. The number of carbonyl (C=O) groups excluding carboxylic acids is 1. The van der Waals surface area contributed by atoms with Crippen molar-refractivity contribution in [3.63, 3.8) is 0 Å². The maximum atomic E-state index is 11.9. The Kier molecular flexibility index (Phi) is 6.68. The Morgan fingerprint density at radius 3 is 2.83 bits per heavy atom. The molecule has 1 heterocycles. The van der Waals surface area contributed by atoms with E-state index in [0.29, 0.717) is 33.9 Å². The Balaban J connectivity index is 2.00. The second-order valence-electron chi connectivity index (χ2n) is 5.07. The average Bonchev–Trinajstić information content (AvgIpc) is 2.97. The number of thiazole rings is 1. The van der Waals surface area contributed by atoms with E-state index in [2.05, 4.69) is 22.5 Å². The Hall–Kier alpha value is -2.48. The summed E-state index contributed by atoms with van der Waals surface area (Å²) < 4.78 is 11.0. The number of nitrogens with one attached hydrogen (secondary N) is 2. The first-order chi connectivity index (χ1) is 11.6. The van der Waals surface area contributed by atoms with Gasteiger partial charge in [0.15, 0.2) is 16.6 Å². The van der Waals surface area contributed by atoms with Crippen molar-refractivity contribution in [2.45, 2.75) is 26.2 Å². The summed E-state index contributed by atoms with van der Waals surface area (Å²) in [6.45, 7) is 2.77. The zero-order valence-electron chi connectivity index (χ0n) is 13.8. The summed E-state index contributed by atoms with van der Waals surface area (Å²) in [5.74, 6) is 1.03. The zero-order valence-corrected chi connectivity index (χ0v) is 14.6. The molecule has 8 heteroatoms. The van der Waals surface area contributed by atoms with Crippen LogP contribution in [0.3, 0.4) is 0 Å². The number of amides is 2. The highest BCUT2D eigenvalue weighted by Gasteiger charge is 2.10. The third kappa shape index (κ3) is 5.31. The number of aromatic nitrogens is 1. The molecule has 1 aromatic carbocycles. The van der Waals surface area contributed by atoms with Crippen molar-refractivity contribution in [1.82, 2.24) is 10.3 Å². The smallest absolute Gasteiger partial charge is 0.319 e. The number of benzene rings is 1. The van der Waals surface area contributed by atoms with E-state index in [-0.39, 0.29) is 6.03 Å². The first-order valence-corrected chi connectivity index (χ1v) is 8.56. The number of hydrogen-bond acceptors (Lipinski definition) is 6. The van der Waals surface area contributed by atoms with Gasteiger partial charge in [-0.05, 0) is 18.6 Å². The molecule has 0 saturated heterocycles. The van der Waals surface area contributed by atoms with Gasteiger partial charge in [0.05, 0.1) is 13.3 Å². The largest absolute Gasteiger partial charge is 0.493 e. The van der Waals surface area contributed by atoms with Crippen molar-refractivity contribution in [2.75, 3.05) is 24.7 Å². The summed E-state index contributed by atoms with van der Waals surface area (Å²) in [6.07, 6.45) is 4.72. The number of unbranched alkanes of at least 4 members (excludes halogenated alkanes) is 2. The van der Waals surface area contributed by atoms with Crippen LogP contribution in [-0.4, -0.2) is 24.7 Å². The molecular formula is C16H22N4O3S. The van der Waals surface area contributed by atoms with Gasteiger partial charge >= 0.3 is 6.03 Å². The molecule has 7 nitrogen and oxygen atoms in total. The molecule has 4 N–H and O–H groups in total. The van der Waals surface area contributed by atoms with Gasteiger partial charge in [0.25, 0.3) is 0 Å². The monoisotopic (exact) mass is 350 g/mol. The molecule has 0 unspecified atom stereocenters. The normalized spacial score (nSPS) is 10.2. The predicted molar refractivity (Wildman–Crippen MR) is 96.1 cm³/mol. The molecule has 24 heavy (non-hydrogen) atoms. The van der Waals surface area contributed by atoms with Crippen molar-refractivity contribution in [1.29, 1.82) is 0 Å². The van der Waals surface area contributed by atoms with Crippen LogP contribution >= 0.6 is 11.3 Å². The van der Waals surface area contributed by atoms with E-state index in [9.17, 15) is 4.79 Å². The molecule has 0 radical (unpaired) electrons. The number of nitrogen functional groups attached to an aromatic ring is 1. The lowest BCUT2D eigenvalue weighted by Crippen LogP contribution is -2.29. The average molecular weight is 350 g/mol. The maximum Gasteiger partial charge on any atom is 0.319 e. The highest BCUT2D eigenvalue weighted by atomic mass is 32.1. The van der Waals surface area contributed by atoms with Crippen LogP contribution in [0.15, 0.2) is 24.4 Å². The number of rotatable bonds is 8. The molecule has 0 bridgehead atoms. The molecule has 0 aliphatic heterocycles. The topological polar surface area (TPSA) is 98.5 Å². The van der Waals surface area contributed by atoms with Crippen molar-refractivity contribution in [3.8, 4) is 16.6 Å². The van der Waals surface area contributed by atoms with Gasteiger partial charge in [-0.25, -0.2) is 9.78 Å². The van der Waals surface area contributed by atoms with Crippen molar-refractivity contribution >= 4 is 28.2 Å². The molecular weight excluding hydrogens is 328 g/mol. The fraction of sp³-hybridized carbons (Fsp3) is 0.375. The van der Waals surface area contributed by atoms with Gasteiger partial charge in [0.1, 0.15) is 0 Å². The fourth-order valence-corrected chi connectivity index (χ4v) is 2.56. The third-order valence-corrected chi connectivity index (χ3v) is 3.90. The Labute approximate surface area is 145 Å². The molecule has 1 aromatic heterocycles. The molecule has 130 valence electrons. The van der Waals surface area contributed by atoms with Gasteiger partial charge in [0.2, 0.25) is 5.06 Å². The Morgan fingerprint density at radius 1 is 1.33 bits per heavy atom. The number of nitrogens with two attached hydrogens (primary N) is 1. The minimum absolute atomic E-state index is 0.246. The number of nitrogens with zero attached hydrogens (tertiary/aromatic N) is 1. The predicted octanol–water partition coefficient (Wildman–Crippen LogP) is 3.84. The van der Waals surface area contributed by atoms with Crippen LogP contribution < -0.4 is 25.8 Å². The number of carbonyl (C=O) groups is 1. The summed E-state index contributed by atoms with van der Waals surface area (Å²) >= 11 is 1.23. The highest BCUT2D eigenvalue weighted by Crippen LogP contribution is 2.36. The fourth-order valence-electron chi connectivity index (χ4n) is 2.01. The Morgan fingerprint density at radius 2 is 2.17 bits per heavy atom. The Bertz CT molecular complexity index is 675. The van der Waals surface area contributed by atoms with E-state index in [4.69, 9.17) is 15.2 Å². The highest BCUT2D eigenvalue weighted by molar-refractivity contribution is 7.17. The van der Waals surface area contributed by atoms with Gasteiger partial charge in [-0.15, -0.1) is 0 Å². The van der Waals surface area contributed by atoms with Gasteiger partial charge in [-0.3, -0.25) is 0 Å². The van der Waals surface area contributed by atoms with Crippen molar-refractivity contribution in [2.24, 2.45) is 0 Å². The van der Waals surface area contributed by atoms with E-state index in [1.165, 1.54) is 11.3 Å². The van der Waals surface area contributed by atoms with E-state index >= 15 is 0 Å². The lowest BCUT2D eigenvalue weighted by atomic mass is 10.2. The van der Waals surface area contributed by atoms with Gasteiger partial charge < -0.3 is 25.8 Å². The second kappa shape index (κ2) is 8.97. The minimum atomic E-state index is -0.246. The van der Waals surface area contributed by atoms with Crippen LogP contribution in [0.4, 0.5) is 15.6 Å². The first-order valence-electron chi connectivity index (χ1n) is 7.74. The molecule has 0 spiro atoms. The number of anilines is 2. The number of hydrogen-bond donors (Lipinski definition) is 3. The standard InChI is InChI=1S/C16H22N4O3S/c1-3-4-5-8-18-16(21)20-11-6-7-12(22-2)13(9-11)23-14-10-19-15(17)24-14/h6-7,9-10H,3-5,8H2,1-2H3,(H2,17,19)(H2,18,20,21). The molecule has 2 amide bonds. The maximum absolute atomic E-state index is 11.9. The molecule has 0 aliphatic rings. The van der Waals surface area contributed by atoms with E-state index in [1.807, 2.05) is 0 Å². The number of methoxy groups -OCH3 is 1. The van der Waals surface area contributed by atoms with Crippen molar-refractivity contribution in [3.05, 3.63) is 24.4 Å². The SMILES string of the molecule is CCCCCNC(=O)Nc1ccc(OC)c(Oc2cnc(N)s2)c1. The van der Waals surface area contributed by atoms with Gasteiger partial charge in [0, 0.05) is 18.3 Å². The minimum Gasteiger partial charge on any atom is -0.493 e. The van der Waals surface area contributed by atoms with Crippen LogP contribution in [0.5, 0.6) is 16.6 Å². The van der Waals surface area contributed by atoms with E-state index < -0.39 is 0 Å². The quantitative estimate of drug-likeness (QED) is 0.628.